The van der Waals surface area contributed by atoms with E-state index in [1.165, 1.54) is 11.3 Å². The number of anilines is 1. The summed E-state index contributed by atoms with van der Waals surface area (Å²) < 4.78 is 5.40. The Kier molecular flexibility index (Phi) is 5.95. The van der Waals surface area contributed by atoms with E-state index in [0.29, 0.717) is 17.2 Å². The fourth-order valence-corrected chi connectivity index (χ4v) is 6.79. The standard InChI is InChI=1S/C22H29NO5S/c1-2-11-28-22(27)18-14-5-3-4-6-15(14)29-20(18)23-19(24)16-12-7-9-13(10-8-12)17(16)21(25)26/h12-13,16-17H,2-11H2,1H3,(H,23,24)(H,25,26)/t12?,13?,16-,17+/m1/s1. The number of esters is 1. The molecule has 5 rings (SSSR count). The zero-order valence-electron chi connectivity index (χ0n) is 16.9. The predicted molar refractivity (Wildman–Crippen MR) is 110 cm³/mol. The van der Waals surface area contributed by atoms with Gasteiger partial charge in [-0.2, -0.15) is 0 Å². The van der Waals surface area contributed by atoms with Crippen molar-refractivity contribution >= 4 is 34.2 Å². The molecule has 2 N–H and O–H groups in total. The van der Waals surface area contributed by atoms with Crippen LogP contribution >= 0.6 is 11.3 Å². The molecular formula is C22H29NO5S. The molecule has 3 saturated carbocycles. The maximum Gasteiger partial charge on any atom is 0.341 e. The van der Waals surface area contributed by atoms with Gasteiger partial charge in [0.2, 0.25) is 5.91 Å². The number of aliphatic carboxylic acids is 1. The van der Waals surface area contributed by atoms with Crippen LogP contribution in [0.5, 0.6) is 0 Å². The Morgan fingerprint density at radius 3 is 2.38 bits per heavy atom. The molecule has 1 aromatic heterocycles. The first-order valence-corrected chi connectivity index (χ1v) is 11.7. The molecule has 4 aliphatic carbocycles. The predicted octanol–water partition coefficient (Wildman–Crippen LogP) is 4.27. The first-order valence-electron chi connectivity index (χ1n) is 10.9. The molecule has 1 aromatic rings. The minimum atomic E-state index is -0.868. The number of hydrogen-bond acceptors (Lipinski definition) is 5. The van der Waals surface area contributed by atoms with Crippen LogP contribution in [0, 0.1) is 23.7 Å². The van der Waals surface area contributed by atoms with E-state index in [-0.39, 0.29) is 23.7 Å². The van der Waals surface area contributed by atoms with Crippen molar-refractivity contribution < 1.29 is 24.2 Å². The third kappa shape index (κ3) is 3.81. The van der Waals surface area contributed by atoms with Crippen molar-refractivity contribution in [1.82, 2.24) is 0 Å². The van der Waals surface area contributed by atoms with Gasteiger partial charge in [0.05, 0.1) is 24.0 Å². The molecule has 2 bridgehead atoms. The highest BCUT2D eigenvalue weighted by molar-refractivity contribution is 7.17. The Labute approximate surface area is 175 Å². The topological polar surface area (TPSA) is 92.7 Å². The Morgan fingerprint density at radius 1 is 1.07 bits per heavy atom. The minimum absolute atomic E-state index is 0.0822. The van der Waals surface area contributed by atoms with Crippen LogP contribution in [0.1, 0.15) is 72.7 Å². The second-order valence-corrected chi connectivity index (χ2v) is 9.71. The molecule has 3 fully saturated rings. The lowest BCUT2D eigenvalue weighted by Crippen LogP contribution is -2.49. The van der Waals surface area contributed by atoms with Crippen molar-refractivity contribution in [3.63, 3.8) is 0 Å². The summed E-state index contributed by atoms with van der Waals surface area (Å²) >= 11 is 1.47. The van der Waals surface area contributed by atoms with Crippen molar-refractivity contribution in [1.29, 1.82) is 0 Å². The van der Waals surface area contributed by atoms with Crippen molar-refractivity contribution in [2.24, 2.45) is 23.7 Å². The summed E-state index contributed by atoms with van der Waals surface area (Å²) in [6.07, 6.45) is 8.21. The molecule has 4 aliphatic rings. The van der Waals surface area contributed by atoms with Gasteiger partial charge in [-0.25, -0.2) is 4.79 Å². The number of carbonyl (C=O) groups is 3. The summed E-state index contributed by atoms with van der Waals surface area (Å²) in [5.74, 6) is -2.42. The van der Waals surface area contributed by atoms with Crippen LogP contribution < -0.4 is 5.32 Å². The van der Waals surface area contributed by atoms with Gasteiger partial charge in [-0.3, -0.25) is 9.59 Å². The number of carboxylic acid groups (broad SMARTS) is 1. The van der Waals surface area contributed by atoms with E-state index in [0.717, 1.165) is 68.2 Å². The second kappa shape index (κ2) is 8.46. The van der Waals surface area contributed by atoms with Crippen LogP contribution in [0.4, 0.5) is 5.00 Å². The van der Waals surface area contributed by atoms with Gasteiger partial charge in [0, 0.05) is 4.88 Å². The zero-order valence-corrected chi connectivity index (χ0v) is 17.7. The zero-order chi connectivity index (χ0) is 20.5. The molecule has 0 radical (unpaired) electrons. The van der Waals surface area contributed by atoms with Crippen LogP contribution in [0.15, 0.2) is 0 Å². The Bertz CT molecular complexity index is 808. The van der Waals surface area contributed by atoms with Crippen molar-refractivity contribution in [2.75, 3.05) is 11.9 Å². The molecule has 1 amide bonds. The fourth-order valence-electron chi connectivity index (χ4n) is 5.51. The van der Waals surface area contributed by atoms with E-state index >= 15 is 0 Å². The summed E-state index contributed by atoms with van der Waals surface area (Å²) in [5.41, 5.74) is 1.51. The van der Waals surface area contributed by atoms with Gasteiger partial charge in [0.25, 0.3) is 0 Å². The molecule has 0 saturated heterocycles. The molecule has 0 aliphatic heterocycles. The monoisotopic (exact) mass is 419 g/mol. The van der Waals surface area contributed by atoms with Crippen LogP contribution in [-0.2, 0) is 27.2 Å². The van der Waals surface area contributed by atoms with E-state index in [2.05, 4.69) is 5.32 Å². The maximum absolute atomic E-state index is 13.3. The van der Waals surface area contributed by atoms with Gasteiger partial charge in [0.15, 0.2) is 0 Å². The summed E-state index contributed by atoms with van der Waals surface area (Å²) in [6.45, 7) is 2.30. The van der Waals surface area contributed by atoms with Crippen molar-refractivity contribution in [3.8, 4) is 0 Å². The number of aryl methyl sites for hydroxylation is 1. The maximum atomic E-state index is 13.3. The highest BCUT2D eigenvalue weighted by Crippen LogP contribution is 2.50. The van der Waals surface area contributed by atoms with E-state index < -0.39 is 17.8 Å². The van der Waals surface area contributed by atoms with Gasteiger partial charge >= 0.3 is 11.9 Å². The number of carboxylic acids is 1. The van der Waals surface area contributed by atoms with Gasteiger partial charge in [0.1, 0.15) is 5.00 Å². The number of hydrogen-bond donors (Lipinski definition) is 2. The molecule has 6 nitrogen and oxygen atoms in total. The molecular weight excluding hydrogens is 390 g/mol. The third-order valence-electron chi connectivity index (χ3n) is 6.86. The van der Waals surface area contributed by atoms with E-state index in [1.54, 1.807) is 0 Å². The number of amides is 1. The lowest BCUT2D eigenvalue weighted by molar-refractivity contribution is -0.156. The first kappa shape index (κ1) is 20.4. The largest absolute Gasteiger partial charge is 0.481 e. The molecule has 158 valence electrons. The van der Waals surface area contributed by atoms with Crippen LogP contribution in [0.25, 0.3) is 0 Å². The Balaban J connectivity index is 1.61. The fraction of sp³-hybridized carbons (Fsp3) is 0.682. The highest BCUT2D eigenvalue weighted by Gasteiger charge is 2.50. The summed E-state index contributed by atoms with van der Waals surface area (Å²) in [7, 11) is 0. The number of carbonyl (C=O) groups excluding carboxylic acids is 2. The Morgan fingerprint density at radius 2 is 1.72 bits per heavy atom. The van der Waals surface area contributed by atoms with Crippen LogP contribution in [0.3, 0.4) is 0 Å². The molecule has 29 heavy (non-hydrogen) atoms. The van der Waals surface area contributed by atoms with E-state index in [1.807, 2.05) is 6.92 Å². The number of rotatable bonds is 6. The quantitative estimate of drug-likeness (QED) is 0.672. The van der Waals surface area contributed by atoms with E-state index in [9.17, 15) is 19.5 Å². The molecule has 0 unspecified atom stereocenters. The first-order chi connectivity index (χ1) is 14.0. The second-order valence-electron chi connectivity index (χ2n) is 8.60. The smallest absolute Gasteiger partial charge is 0.341 e. The average Bonchev–Trinajstić information content (AvgIpc) is 3.09. The minimum Gasteiger partial charge on any atom is -0.481 e. The molecule has 2 atom stereocenters. The van der Waals surface area contributed by atoms with Crippen molar-refractivity contribution in [2.45, 2.75) is 64.7 Å². The molecule has 0 spiro atoms. The lowest BCUT2D eigenvalue weighted by atomic mass is 9.58. The molecule has 0 aromatic carbocycles. The van der Waals surface area contributed by atoms with Crippen molar-refractivity contribution in [3.05, 3.63) is 16.0 Å². The SMILES string of the molecule is CCCOC(=O)c1c(NC(=O)[C@@H]2C3CCC(CC3)[C@@H]2C(=O)O)sc2c1CCCC2. The molecule has 1 heterocycles. The normalized spacial score (nSPS) is 27.9. The van der Waals surface area contributed by atoms with Gasteiger partial charge < -0.3 is 15.2 Å². The summed E-state index contributed by atoms with van der Waals surface area (Å²) in [6, 6.07) is 0. The van der Waals surface area contributed by atoms with Crippen LogP contribution in [-0.4, -0.2) is 29.6 Å². The lowest BCUT2D eigenvalue weighted by Gasteiger charge is -2.45. The van der Waals surface area contributed by atoms with Gasteiger partial charge in [-0.1, -0.05) is 6.92 Å². The number of fused-ring (bicyclic) bond motifs is 4. The Hall–Kier alpha value is -1.89. The van der Waals surface area contributed by atoms with Gasteiger partial charge in [-0.05, 0) is 75.2 Å². The average molecular weight is 420 g/mol. The number of nitrogens with one attached hydrogen (secondary N) is 1. The summed E-state index contributed by atoms with van der Waals surface area (Å²) in [5, 5.41) is 13.3. The summed E-state index contributed by atoms with van der Waals surface area (Å²) in [4.78, 5) is 39.1. The third-order valence-corrected chi connectivity index (χ3v) is 8.06. The molecule has 7 heteroatoms. The highest BCUT2D eigenvalue weighted by atomic mass is 32.1. The van der Waals surface area contributed by atoms with Gasteiger partial charge in [-0.15, -0.1) is 11.3 Å². The number of thiophene rings is 1. The van der Waals surface area contributed by atoms with E-state index in [4.69, 9.17) is 4.74 Å². The van der Waals surface area contributed by atoms with Crippen LogP contribution in [0.2, 0.25) is 0 Å². The number of ether oxygens (including phenoxy) is 1.